The lowest BCUT2D eigenvalue weighted by molar-refractivity contribution is -0.383. The highest BCUT2D eigenvalue weighted by molar-refractivity contribution is 9.09. The van der Waals surface area contributed by atoms with Crippen LogP contribution in [0.5, 0.6) is 0 Å². The Morgan fingerprint density at radius 2 is 2.22 bits per heavy atom. The van der Waals surface area contributed by atoms with Gasteiger partial charge in [0.1, 0.15) is 5.52 Å². The average molecular weight is 309 g/mol. The van der Waals surface area contributed by atoms with Gasteiger partial charge in [-0.1, -0.05) is 35.0 Å². The monoisotopic (exact) mass is 308 g/mol. The molecule has 1 aromatic carbocycles. The molecule has 18 heavy (non-hydrogen) atoms. The van der Waals surface area contributed by atoms with Crippen molar-refractivity contribution in [2.24, 2.45) is 0 Å². The van der Waals surface area contributed by atoms with Gasteiger partial charge in [-0.15, -0.1) is 0 Å². The van der Waals surface area contributed by atoms with Crippen LogP contribution in [0.3, 0.4) is 0 Å². The second-order valence-electron chi connectivity index (χ2n) is 4.11. The van der Waals surface area contributed by atoms with E-state index in [1.807, 2.05) is 18.2 Å². The van der Waals surface area contributed by atoms with E-state index < -0.39 is 0 Å². The Hall–Kier alpha value is -1.49. The van der Waals surface area contributed by atoms with Gasteiger partial charge in [-0.2, -0.15) is 0 Å². The number of aromatic nitrogens is 1. The number of nitro groups is 1. The normalized spacial score (nSPS) is 12.6. The third-order valence-electron chi connectivity index (χ3n) is 2.92. The van der Waals surface area contributed by atoms with Gasteiger partial charge in [0.2, 0.25) is 0 Å². The molecule has 1 heterocycles. The maximum Gasteiger partial charge on any atom is 0.295 e. The molecule has 0 aliphatic rings. The van der Waals surface area contributed by atoms with Gasteiger partial charge in [0.25, 0.3) is 5.69 Å². The fraction of sp³-hybridized carbons (Fsp3) is 0.308. The topological polar surface area (TPSA) is 56.0 Å². The number of halogens is 1. The number of hydrogen-bond donors (Lipinski definition) is 0. The van der Waals surface area contributed by atoms with Crippen molar-refractivity contribution in [1.82, 2.24) is 4.98 Å². The summed E-state index contributed by atoms with van der Waals surface area (Å²) in [5, 5.41) is 11.8. The Bertz CT molecular complexity index is 586. The van der Waals surface area contributed by atoms with E-state index in [1.54, 1.807) is 12.3 Å². The van der Waals surface area contributed by atoms with E-state index in [9.17, 15) is 10.1 Å². The van der Waals surface area contributed by atoms with Gasteiger partial charge >= 0.3 is 0 Å². The Balaban J connectivity index is 2.57. The average Bonchev–Trinajstić information content (AvgIpc) is 2.38. The van der Waals surface area contributed by atoms with E-state index >= 15 is 0 Å². The summed E-state index contributed by atoms with van der Waals surface area (Å²) in [6.45, 7) is 2.10. The van der Waals surface area contributed by atoms with Crippen molar-refractivity contribution in [3.8, 4) is 0 Å². The Kier molecular flexibility index (Phi) is 3.91. The van der Waals surface area contributed by atoms with E-state index in [4.69, 9.17) is 0 Å². The van der Waals surface area contributed by atoms with Crippen LogP contribution in [-0.4, -0.2) is 14.7 Å². The SMILES string of the molecule is CCC(Br)Cc1ccc([N+](=O)[O-])c2ncccc12. The Morgan fingerprint density at radius 1 is 1.44 bits per heavy atom. The summed E-state index contributed by atoms with van der Waals surface area (Å²) in [6, 6.07) is 7.07. The molecule has 2 aromatic rings. The summed E-state index contributed by atoms with van der Waals surface area (Å²) >= 11 is 3.59. The molecule has 0 spiro atoms. The molecule has 0 bridgehead atoms. The summed E-state index contributed by atoms with van der Waals surface area (Å²) in [4.78, 5) is 15.1. The minimum Gasteiger partial charge on any atom is -0.258 e. The third-order valence-corrected chi connectivity index (χ3v) is 3.89. The smallest absolute Gasteiger partial charge is 0.258 e. The number of benzene rings is 1. The van der Waals surface area contributed by atoms with Gasteiger partial charge in [0.15, 0.2) is 0 Å². The summed E-state index contributed by atoms with van der Waals surface area (Å²) in [7, 11) is 0. The Labute approximate surface area is 113 Å². The number of non-ortho nitro benzene ring substituents is 1. The minimum atomic E-state index is -0.384. The van der Waals surface area contributed by atoms with Gasteiger partial charge in [-0.05, 0) is 24.5 Å². The fourth-order valence-corrected chi connectivity index (χ4v) is 2.27. The molecule has 0 fully saturated rings. The molecule has 4 nitrogen and oxygen atoms in total. The first-order valence-electron chi connectivity index (χ1n) is 5.78. The van der Waals surface area contributed by atoms with Crippen molar-refractivity contribution >= 4 is 32.5 Å². The highest BCUT2D eigenvalue weighted by Crippen LogP contribution is 2.28. The van der Waals surface area contributed by atoms with Crippen LogP contribution in [0.1, 0.15) is 18.9 Å². The summed E-state index contributed by atoms with van der Waals surface area (Å²) in [6.07, 6.45) is 3.44. The Morgan fingerprint density at radius 3 is 2.89 bits per heavy atom. The molecule has 1 aromatic heterocycles. The number of alkyl halides is 1. The molecule has 0 aliphatic heterocycles. The molecular weight excluding hydrogens is 296 g/mol. The van der Waals surface area contributed by atoms with Crippen LogP contribution in [0.4, 0.5) is 5.69 Å². The zero-order valence-electron chi connectivity index (χ0n) is 9.97. The van der Waals surface area contributed by atoms with Crippen LogP contribution in [0, 0.1) is 10.1 Å². The largest absolute Gasteiger partial charge is 0.295 e. The zero-order valence-corrected chi connectivity index (χ0v) is 11.6. The standard InChI is InChI=1S/C13H13BrN2O2/c1-2-10(14)8-9-5-6-12(16(17)18)13-11(9)4-3-7-15-13/h3-7,10H,2,8H2,1H3. The molecule has 0 saturated carbocycles. The molecule has 0 N–H and O–H groups in total. The van der Waals surface area contributed by atoms with Gasteiger partial charge in [-0.25, -0.2) is 4.98 Å². The first-order chi connectivity index (χ1) is 8.63. The number of rotatable bonds is 4. The van der Waals surface area contributed by atoms with E-state index in [-0.39, 0.29) is 10.6 Å². The molecule has 1 atom stereocenters. The molecule has 0 radical (unpaired) electrons. The van der Waals surface area contributed by atoms with Crippen LogP contribution < -0.4 is 0 Å². The lowest BCUT2D eigenvalue weighted by atomic mass is 10.0. The van der Waals surface area contributed by atoms with Crippen molar-refractivity contribution in [3.05, 3.63) is 46.1 Å². The van der Waals surface area contributed by atoms with Crippen molar-refractivity contribution in [3.63, 3.8) is 0 Å². The quantitative estimate of drug-likeness (QED) is 0.489. The van der Waals surface area contributed by atoms with Crippen molar-refractivity contribution in [1.29, 1.82) is 0 Å². The number of hydrogen-bond acceptors (Lipinski definition) is 3. The van der Waals surface area contributed by atoms with E-state index in [1.165, 1.54) is 0 Å². The summed E-state index contributed by atoms with van der Waals surface area (Å²) in [5.74, 6) is 0. The summed E-state index contributed by atoms with van der Waals surface area (Å²) < 4.78 is 0. The second-order valence-corrected chi connectivity index (χ2v) is 5.41. The van der Waals surface area contributed by atoms with Gasteiger partial charge in [-0.3, -0.25) is 10.1 Å². The highest BCUT2D eigenvalue weighted by atomic mass is 79.9. The molecule has 5 heteroatoms. The van der Waals surface area contributed by atoms with E-state index in [0.29, 0.717) is 10.3 Å². The first kappa shape index (κ1) is 13.0. The third kappa shape index (κ3) is 2.51. The fourth-order valence-electron chi connectivity index (χ4n) is 1.93. The number of nitro benzene ring substituents is 1. The number of pyridine rings is 1. The first-order valence-corrected chi connectivity index (χ1v) is 6.70. The lowest BCUT2D eigenvalue weighted by Gasteiger charge is -2.09. The molecule has 1 unspecified atom stereocenters. The number of fused-ring (bicyclic) bond motifs is 1. The maximum absolute atomic E-state index is 11.0. The van der Waals surface area contributed by atoms with Gasteiger partial charge in [0, 0.05) is 22.5 Å². The predicted octanol–water partition coefficient (Wildman–Crippen LogP) is 3.86. The highest BCUT2D eigenvalue weighted by Gasteiger charge is 2.16. The minimum absolute atomic E-state index is 0.0666. The van der Waals surface area contributed by atoms with Crippen LogP contribution >= 0.6 is 15.9 Å². The summed E-state index contributed by atoms with van der Waals surface area (Å²) in [5.41, 5.74) is 1.63. The van der Waals surface area contributed by atoms with E-state index in [2.05, 4.69) is 27.8 Å². The number of nitrogens with zero attached hydrogens (tertiary/aromatic N) is 2. The van der Waals surface area contributed by atoms with Crippen molar-refractivity contribution < 1.29 is 4.92 Å². The van der Waals surface area contributed by atoms with Gasteiger partial charge < -0.3 is 0 Å². The molecule has 0 saturated heterocycles. The van der Waals surface area contributed by atoms with Crippen LogP contribution in [0.2, 0.25) is 0 Å². The van der Waals surface area contributed by atoms with Crippen LogP contribution in [-0.2, 0) is 6.42 Å². The van der Waals surface area contributed by atoms with Gasteiger partial charge in [0.05, 0.1) is 4.92 Å². The molecule has 2 rings (SSSR count). The van der Waals surface area contributed by atoms with Crippen LogP contribution in [0.15, 0.2) is 30.5 Å². The molecule has 0 amide bonds. The van der Waals surface area contributed by atoms with Crippen LogP contribution in [0.25, 0.3) is 10.9 Å². The molecular formula is C13H13BrN2O2. The predicted molar refractivity (Wildman–Crippen MR) is 75.1 cm³/mol. The van der Waals surface area contributed by atoms with Crippen molar-refractivity contribution in [2.75, 3.05) is 0 Å². The lowest BCUT2D eigenvalue weighted by Crippen LogP contribution is -2.02. The van der Waals surface area contributed by atoms with Crippen molar-refractivity contribution in [2.45, 2.75) is 24.6 Å². The second kappa shape index (κ2) is 5.44. The maximum atomic E-state index is 11.0. The van der Waals surface area contributed by atoms with E-state index in [0.717, 1.165) is 23.8 Å². The zero-order chi connectivity index (χ0) is 13.1. The molecule has 94 valence electrons. The molecule has 0 aliphatic carbocycles.